The van der Waals surface area contributed by atoms with Crippen molar-refractivity contribution in [3.8, 4) is 5.75 Å². The van der Waals surface area contributed by atoms with E-state index in [1.807, 2.05) is 6.92 Å². The maximum absolute atomic E-state index is 13.0. The Balaban J connectivity index is 2.83. The van der Waals surface area contributed by atoms with Crippen LogP contribution in [0.2, 0.25) is 0 Å². The topological polar surface area (TPSA) is 35.5 Å². The van der Waals surface area contributed by atoms with Crippen molar-refractivity contribution in [1.29, 1.82) is 0 Å². The lowest BCUT2D eigenvalue weighted by atomic mass is 10.2. The van der Waals surface area contributed by atoms with Crippen molar-refractivity contribution in [3.05, 3.63) is 29.6 Å². The van der Waals surface area contributed by atoms with Gasteiger partial charge in [0.25, 0.3) is 0 Å². The number of rotatable bonds is 4. The maximum Gasteiger partial charge on any atom is 0.338 e. The molecule has 1 aromatic rings. The van der Waals surface area contributed by atoms with Gasteiger partial charge in [0.15, 0.2) is 0 Å². The summed E-state index contributed by atoms with van der Waals surface area (Å²) in [5.41, 5.74) is 0.167. The molecule has 0 saturated carbocycles. The van der Waals surface area contributed by atoms with E-state index >= 15 is 0 Å². The summed E-state index contributed by atoms with van der Waals surface area (Å²) in [6, 6.07) is 3.78. The molecule has 82 valence electrons. The lowest BCUT2D eigenvalue weighted by Crippen LogP contribution is -2.06. The van der Waals surface area contributed by atoms with Crippen LogP contribution in [0.3, 0.4) is 0 Å². The third-order valence-corrected chi connectivity index (χ3v) is 1.78. The minimum absolute atomic E-state index is 0.167. The molecule has 0 saturated heterocycles. The molecule has 0 unspecified atom stereocenters. The van der Waals surface area contributed by atoms with E-state index in [1.165, 1.54) is 19.2 Å². The van der Waals surface area contributed by atoms with Gasteiger partial charge in [-0.25, -0.2) is 9.18 Å². The molecule has 0 radical (unpaired) electrons. The van der Waals surface area contributed by atoms with Gasteiger partial charge in [-0.05, 0) is 18.6 Å². The minimum Gasteiger partial charge on any atom is -0.497 e. The normalized spacial score (nSPS) is 9.80. The molecule has 0 bridgehead atoms. The van der Waals surface area contributed by atoms with E-state index in [0.29, 0.717) is 12.4 Å². The third kappa shape index (κ3) is 3.23. The molecule has 0 aliphatic rings. The highest BCUT2D eigenvalue weighted by molar-refractivity contribution is 5.89. The van der Waals surface area contributed by atoms with E-state index in [2.05, 4.69) is 0 Å². The number of hydrogen-bond donors (Lipinski definition) is 0. The van der Waals surface area contributed by atoms with Crippen molar-refractivity contribution in [2.75, 3.05) is 13.7 Å². The Labute approximate surface area is 87.8 Å². The van der Waals surface area contributed by atoms with Crippen molar-refractivity contribution < 1.29 is 18.7 Å². The van der Waals surface area contributed by atoms with Crippen molar-refractivity contribution in [2.45, 2.75) is 13.3 Å². The van der Waals surface area contributed by atoms with E-state index in [4.69, 9.17) is 9.47 Å². The van der Waals surface area contributed by atoms with Crippen LogP contribution in [0.1, 0.15) is 23.7 Å². The molecular weight excluding hydrogens is 199 g/mol. The molecule has 0 aliphatic heterocycles. The molecule has 1 rings (SSSR count). The van der Waals surface area contributed by atoms with Gasteiger partial charge in [-0.2, -0.15) is 0 Å². The van der Waals surface area contributed by atoms with Crippen molar-refractivity contribution in [1.82, 2.24) is 0 Å². The molecular formula is C11H13FO3. The molecule has 0 N–H and O–H groups in total. The summed E-state index contributed by atoms with van der Waals surface area (Å²) in [5, 5.41) is 0. The van der Waals surface area contributed by atoms with E-state index in [9.17, 15) is 9.18 Å². The number of carbonyl (C=O) groups is 1. The van der Waals surface area contributed by atoms with Crippen LogP contribution in [-0.2, 0) is 4.74 Å². The van der Waals surface area contributed by atoms with Crippen LogP contribution in [0.5, 0.6) is 5.75 Å². The van der Waals surface area contributed by atoms with Crippen molar-refractivity contribution in [3.63, 3.8) is 0 Å². The van der Waals surface area contributed by atoms with E-state index in [0.717, 1.165) is 12.5 Å². The second-order valence-corrected chi connectivity index (χ2v) is 3.02. The van der Waals surface area contributed by atoms with Crippen LogP contribution in [-0.4, -0.2) is 19.7 Å². The summed E-state index contributed by atoms with van der Waals surface area (Å²) in [4.78, 5) is 11.4. The predicted octanol–water partition coefficient (Wildman–Crippen LogP) is 2.40. The molecule has 0 aliphatic carbocycles. The Bertz CT molecular complexity index is 350. The van der Waals surface area contributed by atoms with Gasteiger partial charge in [0, 0.05) is 6.07 Å². The first kappa shape index (κ1) is 11.5. The zero-order valence-electron chi connectivity index (χ0n) is 8.75. The van der Waals surface area contributed by atoms with Crippen LogP contribution in [0.4, 0.5) is 4.39 Å². The van der Waals surface area contributed by atoms with Crippen LogP contribution < -0.4 is 4.74 Å². The van der Waals surface area contributed by atoms with Gasteiger partial charge < -0.3 is 9.47 Å². The molecule has 0 amide bonds. The molecule has 1 aromatic carbocycles. The molecule has 3 nitrogen and oxygen atoms in total. The zero-order valence-corrected chi connectivity index (χ0v) is 8.75. The second kappa shape index (κ2) is 5.34. The smallest absolute Gasteiger partial charge is 0.338 e. The van der Waals surface area contributed by atoms with Gasteiger partial charge >= 0.3 is 5.97 Å². The predicted molar refractivity (Wildman–Crippen MR) is 53.5 cm³/mol. The zero-order chi connectivity index (χ0) is 11.3. The Morgan fingerprint density at radius 2 is 2.13 bits per heavy atom. The van der Waals surface area contributed by atoms with Crippen molar-refractivity contribution >= 4 is 5.97 Å². The Morgan fingerprint density at radius 3 is 2.73 bits per heavy atom. The van der Waals surface area contributed by atoms with Gasteiger partial charge in [0.05, 0.1) is 19.3 Å². The number of hydrogen-bond acceptors (Lipinski definition) is 3. The van der Waals surface area contributed by atoms with Crippen LogP contribution in [0.15, 0.2) is 18.2 Å². The van der Waals surface area contributed by atoms with Crippen LogP contribution >= 0.6 is 0 Å². The third-order valence-electron chi connectivity index (χ3n) is 1.78. The summed E-state index contributed by atoms with van der Waals surface area (Å²) in [6.45, 7) is 2.22. The van der Waals surface area contributed by atoms with Gasteiger partial charge in [-0.3, -0.25) is 0 Å². The van der Waals surface area contributed by atoms with Crippen LogP contribution in [0, 0.1) is 5.82 Å². The van der Waals surface area contributed by atoms with Gasteiger partial charge in [-0.15, -0.1) is 0 Å². The Hall–Kier alpha value is -1.58. The first-order chi connectivity index (χ1) is 7.17. The summed E-state index contributed by atoms with van der Waals surface area (Å²) in [5.74, 6) is -0.745. The Morgan fingerprint density at radius 1 is 1.40 bits per heavy atom. The average Bonchev–Trinajstić information content (AvgIpc) is 2.24. The summed E-state index contributed by atoms with van der Waals surface area (Å²) < 4.78 is 22.7. The first-order valence-electron chi connectivity index (χ1n) is 4.69. The van der Waals surface area contributed by atoms with E-state index < -0.39 is 11.8 Å². The molecule has 0 heterocycles. The number of esters is 1. The molecule has 0 fully saturated rings. The largest absolute Gasteiger partial charge is 0.497 e. The molecule has 0 spiro atoms. The number of halogens is 1. The molecule has 4 heteroatoms. The van der Waals surface area contributed by atoms with Gasteiger partial charge in [0.2, 0.25) is 0 Å². The molecule has 0 atom stereocenters. The van der Waals surface area contributed by atoms with Crippen LogP contribution in [0.25, 0.3) is 0 Å². The quantitative estimate of drug-likeness (QED) is 0.719. The standard InChI is InChI=1S/C11H13FO3/c1-3-4-15-11(13)8-5-9(12)7-10(6-8)14-2/h5-7H,3-4H2,1-2H3. The minimum atomic E-state index is -0.533. The number of carbonyl (C=O) groups excluding carboxylic acids is 1. The van der Waals surface area contributed by atoms with Gasteiger partial charge in [-0.1, -0.05) is 6.92 Å². The SMILES string of the molecule is CCCOC(=O)c1cc(F)cc(OC)c1. The monoisotopic (exact) mass is 212 g/mol. The summed E-state index contributed by atoms with van der Waals surface area (Å²) in [7, 11) is 1.41. The second-order valence-electron chi connectivity index (χ2n) is 3.02. The van der Waals surface area contributed by atoms with E-state index in [-0.39, 0.29) is 5.56 Å². The maximum atomic E-state index is 13.0. The number of methoxy groups -OCH3 is 1. The fourth-order valence-corrected chi connectivity index (χ4v) is 1.08. The lowest BCUT2D eigenvalue weighted by Gasteiger charge is -2.05. The summed E-state index contributed by atoms with van der Waals surface area (Å²) >= 11 is 0. The van der Waals surface area contributed by atoms with E-state index in [1.54, 1.807) is 0 Å². The Kier molecular flexibility index (Phi) is 4.09. The lowest BCUT2D eigenvalue weighted by molar-refractivity contribution is 0.0504. The fraction of sp³-hybridized carbons (Fsp3) is 0.364. The highest BCUT2D eigenvalue weighted by Crippen LogP contribution is 2.16. The molecule has 0 aromatic heterocycles. The highest BCUT2D eigenvalue weighted by atomic mass is 19.1. The highest BCUT2D eigenvalue weighted by Gasteiger charge is 2.10. The number of ether oxygens (including phenoxy) is 2. The van der Waals surface area contributed by atoms with Gasteiger partial charge in [0.1, 0.15) is 11.6 Å². The molecule has 15 heavy (non-hydrogen) atoms. The summed E-state index contributed by atoms with van der Waals surface area (Å²) in [6.07, 6.45) is 0.734. The first-order valence-corrected chi connectivity index (χ1v) is 4.69. The average molecular weight is 212 g/mol. The van der Waals surface area contributed by atoms with Crippen molar-refractivity contribution in [2.24, 2.45) is 0 Å². The fourth-order valence-electron chi connectivity index (χ4n) is 1.08. The number of benzene rings is 1.